The van der Waals surface area contributed by atoms with E-state index in [2.05, 4.69) is 16.9 Å². The number of carbonyl (C=O) groups excluding carboxylic acids is 1. The first-order valence-electron chi connectivity index (χ1n) is 7.85. The third-order valence-corrected chi connectivity index (χ3v) is 7.75. The fourth-order valence-corrected chi connectivity index (χ4v) is 5.99. The van der Waals surface area contributed by atoms with E-state index in [0.717, 1.165) is 16.2 Å². The monoisotopic (exact) mass is 381 g/mol. The second kappa shape index (κ2) is 7.11. The Balaban J connectivity index is 1.75. The number of oxazole rings is 1. The van der Waals surface area contributed by atoms with Crippen LogP contribution in [0.3, 0.4) is 0 Å². The standard InChI is InChI=1S/C16H19N3O4S2/c1-3-15(20)18-12-6-7-19(11(2)8-12)25(21,22)16-5-4-14(24-16)13-9-17-10-23-13/h3-5,9-12H,1,6-8H2,2H3,(H,18,20). The van der Waals surface area contributed by atoms with E-state index in [1.54, 1.807) is 18.3 Å². The minimum absolute atomic E-state index is 0.0416. The van der Waals surface area contributed by atoms with Gasteiger partial charge in [-0.1, -0.05) is 6.58 Å². The molecule has 2 unspecified atom stereocenters. The van der Waals surface area contributed by atoms with E-state index in [1.807, 2.05) is 6.92 Å². The van der Waals surface area contributed by atoms with Gasteiger partial charge in [0.05, 0.1) is 11.1 Å². The van der Waals surface area contributed by atoms with Crippen LogP contribution in [0.2, 0.25) is 0 Å². The summed E-state index contributed by atoms with van der Waals surface area (Å²) in [6, 6.07) is 3.07. The molecule has 2 aromatic rings. The van der Waals surface area contributed by atoms with E-state index in [9.17, 15) is 13.2 Å². The Labute approximate surface area is 150 Å². The molecule has 25 heavy (non-hydrogen) atoms. The average molecular weight is 381 g/mol. The van der Waals surface area contributed by atoms with E-state index >= 15 is 0 Å². The third-order valence-electron chi connectivity index (χ3n) is 4.17. The lowest BCUT2D eigenvalue weighted by molar-refractivity contribution is -0.117. The quantitative estimate of drug-likeness (QED) is 0.802. The predicted molar refractivity (Wildman–Crippen MR) is 94.5 cm³/mol. The van der Waals surface area contributed by atoms with Crippen molar-refractivity contribution in [2.45, 2.75) is 36.1 Å². The highest BCUT2D eigenvalue weighted by atomic mass is 32.2. The maximum atomic E-state index is 13.0. The Kier molecular flexibility index (Phi) is 5.07. The van der Waals surface area contributed by atoms with Crippen molar-refractivity contribution >= 4 is 27.3 Å². The summed E-state index contributed by atoms with van der Waals surface area (Å²) < 4.78 is 32.9. The van der Waals surface area contributed by atoms with Crippen LogP contribution < -0.4 is 5.32 Å². The van der Waals surface area contributed by atoms with Gasteiger partial charge in [0.2, 0.25) is 5.91 Å². The molecule has 1 N–H and O–H groups in total. The molecule has 9 heteroatoms. The van der Waals surface area contributed by atoms with Crippen LogP contribution in [-0.2, 0) is 14.8 Å². The summed E-state index contributed by atoms with van der Waals surface area (Å²) in [5, 5.41) is 2.84. The van der Waals surface area contributed by atoms with E-state index in [1.165, 1.54) is 16.8 Å². The number of hydrogen-bond donors (Lipinski definition) is 1. The lowest BCUT2D eigenvalue weighted by atomic mass is 10.0. The largest absolute Gasteiger partial charge is 0.443 e. The lowest BCUT2D eigenvalue weighted by Crippen LogP contribution is -2.50. The lowest BCUT2D eigenvalue weighted by Gasteiger charge is -2.36. The minimum atomic E-state index is -3.58. The van der Waals surface area contributed by atoms with Crippen molar-refractivity contribution in [3.05, 3.63) is 37.4 Å². The normalized spacial score (nSPS) is 21.8. The molecule has 0 saturated carbocycles. The van der Waals surface area contributed by atoms with Gasteiger partial charge in [0, 0.05) is 18.6 Å². The summed E-state index contributed by atoms with van der Waals surface area (Å²) in [5.74, 6) is 0.314. The first kappa shape index (κ1) is 17.8. The molecule has 1 amide bonds. The average Bonchev–Trinajstić information content (AvgIpc) is 3.25. The molecule has 3 rings (SSSR count). The zero-order valence-electron chi connectivity index (χ0n) is 13.7. The van der Waals surface area contributed by atoms with Gasteiger partial charge in [-0.2, -0.15) is 4.31 Å². The summed E-state index contributed by atoms with van der Waals surface area (Å²) in [5.41, 5.74) is 0. The van der Waals surface area contributed by atoms with Crippen LogP contribution in [0.5, 0.6) is 0 Å². The highest BCUT2D eigenvalue weighted by molar-refractivity contribution is 7.91. The molecule has 1 fully saturated rings. The molecular weight excluding hydrogens is 362 g/mol. The third kappa shape index (κ3) is 3.68. The van der Waals surface area contributed by atoms with Crippen LogP contribution in [0, 0.1) is 0 Å². The first-order chi connectivity index (χ1) is 11.9. The van der Waals surface area contributed by atoms with Gasteiger partial charge in [-0.3, -0.25) is 4.79 Å². The Bertz CT molecular complexity index is 858. The fraction of sp³-hybridized carbons (Fsp3) is 0.375. The maximum absolute atomic E-state index is 13.0. The summed E-state index contributed by atoms with van der Waals surface area (Å²) in [6.45, 7) is 5.65. The van der Waals surface area contributed by atoms with Crippen LogP contribution >= 0.6 is 11.3 Å². The Morgan fingerprint density at radius 1 is 1.52 bits per heavy atom. The molecule has 7 nitrogen and oxygen atoms in total. The minimum Gasteiger partial charge on any atom is -0.443 e. The Hall–Kier alpha value is -1.97. The second-order valence-electron chi connectivity index (χ2n) is 5.88. The van der Waals surface area contributed by atoms with Gasteiger partial charge in [0.15, 0.2) is 12.2 Å². The van der Waals surface area contributed by atoms with E-state index in [0.29, 0.717) is 25.1 Å². The second-order valence-corrected chi connectivity index (χ2v) is 9.08. The molecule has 2 aromatic heterocycles. The number of aromatic nitrogens is 1. The van der Waals surface area contributed by atoms with Gasteiger partial charge in [-0.15, -0.1) is 11.3 Å². The molecule has 1 aliphatic heterocycles. The van der Waals surface area contributed by atoms with E-state index in [-0.39, 0.29) is 22.2 Å². The maximum Gasteiger partial charge on any atom is 0.252 e. The summed E-state index contributed by atoms with van der Waals surface area (Å²) >= 11 is 1.16. The molecule has 0 aromatic carbocycles. The Morgan fingerprint density at radius 2 is 2.32 bits per heavy atom. The van der Waals surface area contributed by atoms with Gasteiger partial charge in [-0.05, 0) is 38.0 Å². The zero-order chi connectivity index (χ0) is 18.0. The van der Waals surface area contributed by atoms with Crippen molar-refractivity contribution in [2.75, 3.05) is 6.54 Å². The predicted octanol–water partition coefficient (Wildman–Crippen LogP) is 2.25. The first-order valence-corrected chi connectivity index (χ1v) is 10.1. The molecule has 0 bridgehead atoms. The van der Waals surface area contributed by atoms with Crippen LogP contribution in [0.4, 0.5) is 0 Å². The van der Waals surface area contributed by atoms with Gasteiger partial charge >= 0.3 is 0 Å². The van der Waals surface area contributed by atoms with Crippen molar-refractivity contribution in [2.24, 2.45) is 0 Å². The van der Waals surface area contributed by atoms with Crippen LogP contribution in [-0.4, -0.2) is 42.2 Å². The number of carbonyl (C=O) groups is 1. The molecule has 0 spiro atoms. The number of nitrogens with one attached hydrogen (secondary N) is 1. The van der Waals surface area contributed by atoms with Crippen LogP contribution in [0.15, 0.2) is 46.0 Å². The molecule has 1 saturated heterocycles. The van der Waals surface area contributed by atoms with E-state index in [4.69, 9.17) is 4.42 Å². The van der Waals surface area contributed by atoms with Crippen molar-refractivity contribution in [3.8, 4) is 10.6 Å². The number of sulfonamides is 1. The molecule has 3 heterocycles. The van der Waals surface area contributed by atoms with Gasteiger partial charge in [0.1, 0.15) is 4.21 Å². The number of amides is 1. The summed E-state index contributed by atoms with van der Waals surface area (Å²) in [6.07, 6.45) is 5.24. The highest BCUT2D eigenvalue weighted by Gasteiger charge is 2.35. The fourth-order valence-electron chi connectivity index (χ4n) is 2.94. The summed E-state index contributed by atoms with van der Waals surface area (Å²) in [4.78, 5) is 16.0. The van der Waals surface area contributed by atoms with Crippen LogP contribution in [0.1, 0.15) is 19.8 Å². The SMILES string of the molecule is C=CC(=O)NC1CCN(S(=O)(=O)c2ccc(-c3cnco3)s2)C(C)C1. The highest BCUT2D eigenvalue weighted by Crippen LogP contribution is 2.34. The van der Waals surface area contributed by atoms with Crippen molar-refractivity contribution in [1.82, 2.24) is 14.6 Å². The number of nitrogens with zero attached hydrogens (tertiary/aromatic N) is 2. The molecule has 134 valence electrons. The van der Waals surface area contributed by atoms with Crippen molar-refractivity contribution < 1.29 is 17.6 Å². The summed E-state index contributed by atoms with van der Waals surface area (Å²) in [7, 11) is -3.58. The zero-order valence-corrected chi connectivity index (χ0v) is 15.3. The number of hydrogen-bond acceptors (Lipinski definition) is 6. The number of thiophene rings is 1. The Morgan fingerprint density at radius 3 is 2.96 bits per heavy atom. The number of rotatable bonds is 5. The molecule has 0 aliphatic carbocycles. The van der Waals surface area contributed by atoms with E-state index < -0.39 is 10.0 Å². The molecule has 2 atom stereocenters. The van der Waals surface area contributed by atoms with Gasteiger partial charge in [0.25, 0.3) is 10.0 Å². The van der Waals surface area contributed by atoms with Gasteiger partial charge in [-0.25, -0.2) is 13.4 Å². The molecular formula is C16H19N3O4S2. The van der Waals surface area contributed by atoms with Crippen LogP contribution in [0.25, 0.3) is 10.6 Å². The topological polar surface area (TPSA) is 92.5 Å². The molecule has 0 radical (unpaired) electrons. The van der Waals surface area contributed by atoms with Gasteiger partial charge < -0.3 is 9.73 Å². The van der Waals surface area contributed by atoms with Crippen molar-refractivity contribution in [3.63, 3.8) is 0 Å². The number of piperidine rings is 1. The smallest absolute Gasteiger partial charge is 0.252 e. The molecule has 1 aliphatic rings. The van der Waals surface area contributed by atoms with Crippen molar-refractivity contribution in [1.29, 1.82) is 0 Å².